The third-order valence-electron chi connectivity index (χ3n) is 5.39. The molecule has 1 aliphatic rings. The molecule has 0 spiro atoms. The van der Waals surface area contributed by atoms with Gasteiger partial charge in [-0.1, -0.05) is 26.2 Å². The van der Waals surface area contributed by atoms with E-state index in [1.807, 2.05) is 44.4 Å². The van der Waals surface area contributed by atoms with Gasteiger partial charge in [-0.3, -0.25) is 9.59 Å². The van der Waals surface area contributed by atoms with Crippen LogP contribution in [0.15, 0.2) is 58.8 Å². The fraction of sp³-hybridized carbons (Fsp3) is 0.385. The van der Waals surface area contributed by atoms with Gasteiger partial charge in [0, 0.05) is 19.3 Å². The molecule has 0 saturated carbocycles. The Morgan fingerprint density at radius 1 is 1.00 bits per heavy atom. The van der Waals surface area contributed by atoms with Crippen molar-refractivity contribution < 1.29 is 24.2 Å². The van der Waals surface area contributed by atoms with Crippen LogP contribution in [-0.4, -0.2) is 51.4 Å². The molecule has 0 aliphatic carbocycles. The summed E-state index contributed by atoms with van der Waals surface area (Å²) in [6.45, 7) is 2.08. The van der Waals surface area contributed by atoms with Gasteiger partial charge in [0.25, 0.3) is 11.8 Å². The second-order valence-electron chi connectivity index (χ2n) is 8.50. The number of hydrogen-bond acceptors (Lipinski definition) is 7. The van der Waals surface area contributed by atoms with Crippen LogP contribution in [0.25, 0.3) is 9.78 Å². The summed E-state index contributed by atoms with van der Waals surface area (Å²) in [5.41, 5.74) is 3.19. The number of azo groups is 1. The Hall–Kier alpha value is -3.36. The minimum atomic E-state index is -0.500. The molecule has 0 unspecified atom stereocenters. The molecular weight excluding hydrogens is 525 g/mol. The number of benzene rings is 2. The third-order valence-corrected chi connectivity index (χ3v) is 7.39. The van der Waals surface area contributed by atoms with Gasteiger partial charge < -0.3 is 4.84 Å². The summed E-state index contributed by atoms with van der Waals surface area (Å²) in [5.74, 6) is -1.35. The molecule has 10 heteroatoms. The van der Waals surface area contributed by atoms with Gasteiger partial charge in [0.2, 0.25) is 0 Å². The number of anilines is 1. The van der Waals surface area contributed by atoms with Gasteiger partial charge >= 0.3 is 129 Å². The number of hydroxylamine groups is 2. The molecule has 2 amide bonds. The van der Waals surface area contributed by atoms with Gasteiger partial charge in [-0.15, -0.1) is 5.06 Å². The van der Waals surface area contributed by atoms with Crippen LogP contribution in [0.1, 0.15) is 51.9 Å². The molecule has 1 aliphatic heterocycles. The summed E-state index contributed by atoms with van der Waals surface area (Å²) in [6, 6.07) is 16.3. The van der Waals surface area contributed by atoms with Crippen LogP contribution in [-0.2, 0) is 19.2 Å². The molecule has 4 rings (SSSR count). The predicted molar refractivity (Wildman–Crippen MR) is 138 cm³/mol. The van der Waals surface area contributed by atoms with Gasteiger partial charge in [-0.05, 0) is 6.42 Å². The molecule has 0 bridgehead atoms. The van der Waals surface area contributed by atoms with Crippen molar-refractivity contribution in [1.29, 1.82) is 0 Å². The first kappa shape index (κ1) is 27.2. The average Bonchev–Trinajstić information content (AvgIpc) is 3.44. The number of aromatic amines is 1. The minimum absolute atomic E-state index is 0.141. The van der Waals surface area contributed by atoms with Crippen molar-refractivity contribution in [3.8, 4) is 0 Å². The Kier molecular flexibility index (Phi) is 10.3. The average molecular weight is 558 g/mol. The molecular formula is C26H32N5O4Se+. The molecule has 1 aromatic heterocycles. The van der Waals surface area contributed by atoms with Crippen LogP contribution in [0, 0.1) is 0 Å². The van der Waals surface area contributed by atoms with E-state index in [1.165, 1.54) is 4.26 Å². The number of hydrogen-bond donors (Lipinski definition) is 0. The van der Waals surface area contributed by atoms with E-state index in [9.17, 15) is 14.4 Å². The first-order chi connectivity index (χ1) is 17.4. The fourth-order valence-electron chi connectivity index (χ4n) is 3.37. The number of imide groups is 1. The molecule has 1 fully saturated rings. The fourth-order valence-corrected chi connectivity index (χ4v) is 5.11. The SMILES string of the molecule is CCCCCCC(=O)ON1C(=O)CCC1=O.CN(C)c1ccc(N=Nc2[nH+]c3ccccc3[se]2)cc1. The topological polar surface area (TPSA) is 106 Å². The number of fused-ring (bicyclic) bond motifs is 1. The van der Waals surface area contributed by atoms with Gasteiger partial charge in [0.1, 0.15) is 0 Å². The molecule has 1 N–H and O–H groups in total. The van der Waals surface area contributed by atoms with E-state index in [0.717, 1.165) is 47.3 Å². The summed E-state index contributed by atoms with van der Waals surface area (Å²) in [7, 11) is 4.04. The molecule has 1 saturated heterocycles. The zero-order valence-electron chi connectivity index (χ0n) is 20.9. The Morgan fingerprint density at radius 3 is 2.33 bits per heavy atom. The number of unbranched alkanes of at least 4 members (excludes halogenated alkanes) is 3. The van der Waals surface area contributed by atoms with Crippen molar-refractivity contribution in [2.75, 3.05) is 19.0 Å². The van der Waals surface area contributed by atoms with Crippen molar-refractivity contribution in [3.63, 3.8) is 0 Å². The Labute approximate surface area is 216 Å². The number of para-hydroxylation sites is 1. The molecule has 0 radical (unpaired) electrons. The number of aromatic nitrogens is 1. The van der Waals surface area contributed by atoms with Crippen LogP contribution in [0.2, 0.25) is 0 Å². The number of nitrogens with one attached hydrogen (secondary N) is 1. The molecule has 3 aromatic rings. The summed E-state index contributed by atoms with van der Waals surface area (Å²) >= 11 is 0.226. The molecule has 36 heavy (non-hydrogen) atoms. The van der Waals surface area contributed by atoms with E-state index in [2.05, 4.69) is 45.2 Å². The van der Waals surface area contributed by atoms with Crippen LogP contribution < -0.4 is 9.88 Å². The normalized spacial score (nSPS) is 13.2. The zero-order chi connectivity index (χ0) is 25.9. The monoisotopic (exact) mass is 558 g/mol. The van der Waals surface area contributed by atoms with E-state index in [4.69, 9.17) is 4.84 Å². The van der Waals surface area contributed by atoms with Crippen LogP contribution >= 0.6 is 0 Å². The van der Waals surface area contributed by atoms with E-state index in [0.29, 0.717) is 5.06 Å². The maximum absolute atomic E-state index is 11.3. The maximum atomic E-state index is 11.3. The van der Waals surface area contributed by atoms with E-state index >= 15 is 0 Å². The van der Waals surface area contributed by atoms with Gasteiger partial charge in [-0.25, -0.2) is 4.79 Å². The quantitative estimate of drug-likeness (QED) is 0.163. The standard InChI is InChI=1S/C15H14N4Se.C11H17NO4/c1-19(2)12-9-7-11(8-10-12)17-18-15-16-13-5-3-4-6-14(13)20-15;1-2-3-4-5-6-11(15)16-12-9(13)7-8-10(12)14/h3-10H,1-2H3;2-8H2,1H3/p+1. The number of H-pyrrole nitrogens is 1. The molecule has 2 aromatic carbocycles. The number of nitrogens with zero attached hydrogens (tertiary/aromatic N) is 4. The van der Waals surface area contributed by atoms with Crippen LogP contribution in [0.3, 0.4) is 0 Å². The van der Waals surface area contributed by atoms with E-state index in [-0.39, 0.29) is 33.8 Å². The number of carbonyl (C=O) groups excluding carboxylic acids is 3. The summed E-state index contributed by atoms with van der Waals surface area (Å²) in [4.78, 5) is 43.6. The van der Waals surface area contributed by atoms with E-state index in [1.54, 1.807) is 0 Å². The van der Waals surface area contributed by atoms with Gasteiger partial charge in [0.05, 0.1) is 0 Å². The summed E-state index contributed by atoms with van der Waals surface area (Å²) < 4.78 is 2.28. The van der Waals surface area contributed by atoms with E-state index < -0.39 is 17.8 Å². The van der Waals surface area contributed by atoms with Gasteiger partial charge in [-0.2, -0.15) is 0 Å². The Bertz CT molecular complexity index is 1160. The molecule has 0 atom stereocenters. The number of rotatable bonds is 9. The molecule has 190 valence electrons. The zero-order valence-corrected chi connectivity index (χ0v) is 22.6. The number of carbonyl (C=O) groups is 3. The van der Waals surface area contributed by atoms with Crippen molar-refractivity contribution in [1.82, 2.24) is 5.06 Å². The Morgan fingerprint density at radius 2 is 1.69 bits per heavy atom. The second-order valence-corrected chi connectivity index (χ2v) is 10.7. The molecule has 9 nitrogen and oxygen atoms in total. The summed E-state index contributed by atoms with van der Waals surface area (Å²) in [6.07, 6.45) is 4.42. The van der Waals surface area contributed by atoms with Crippen LogP contribution in [0.4, 0.5) is 16.1 Å². The first-order valence-corrected chi connectivity index (χ1v) is 13.7. The van der Waals surface area contributed by atoms with Crippen molar-refractivity contribution in [3.05, 3.63) is 48.5 Å². The van der Waals surface area contributed by atoms with Crippen molar-refractivity contribution in [2.45, 2.75) is 51.9 Å². The van der Waals surface area contributed by atoms with Gasteiger partial charge in [0.15, 0.2) is 0 Å². The predicted octanol–water partition coefficient (Wildman–Crippen LogP) is 4.76. The number of amides is 2. The Balaban J connectivity index is 0.000000207. The van der Waals surface area contributed by atoms with Crippen LogP contribution in [0.5, 0.6) is 0 Å². The molecule has 2 heterocycles. The van der Waals surface area contributed by atoms with Crippen molar-refractivity contribution >= 4 is 58.1 Å². The summed E-state index contributed by atoms with van der Waals surface area (Å²) in [5, 5.41) is 9.22. The van der Waals surface area contributed by atoms with Crippen molar-refractivity contribution in [2.24, 2.45) is 10.2 Å². The second kappa shape index (κ2) is 13.7. The first-order valence-electron chi connectivity index (χ1n) is 12.0. The third kappa shape index (κ3) is 8.10.